The van der Waals surface area contributed by atoms with Crippen LogP contribution in [0.1, 0.15) is 30.5 Å². The Labute approximate surface area is 139 Å². The molecule has 128 valence electrons. The second-order valence-electron chi connectivity index (χ2n) is 5.69. The van der Waals surface area contributed by atoms with Crippen LogP contribution >= 0.6 is 0 Å². The smallest absolute Gasteiger partial charge is 0.239 e. The third-order valence-electron chi connectivity index (χ3n) is 4.19. The number of carbonyl (C=O) groups is 1. The van der Waals surface area contributed by atoms with E-state index in [1.165, 1.54) is 12.1 Å². The zero-order chi connectivity index (χ0) is 17.1. The number of aromatic nitrogens is 3. The molecule has 0 aliphatic carbocycles. The maximum Gasteiger partial charge on any atom is 0.239 e. The lowest BCUT2D eigenvalue weighted by atomic mass is 10.0. The van der Waals surface area contributed by atoms with Crippen molar-refractivity contribution < 1.29 is 13.9 Å². The predicted molar refractivity (Wildman–Crippen MR) is 84.3 cm³/mol. The van der Waals surface area contributed by atoms with Crippen LogP contribution in [0, 0.1) is 5.82 Å². The molecule has 1 aliphatic heterocycles. The van der Waals surface area contributed by atoms with Crippen molar-refractivity contribution in [3.05, 3.63) is 47.8 Å². The van der Waals surface area contributed by atoms with Gasteiger partial charge in [0.25, 0.3) is 0 Å². The van der Waals surface area contributed by atoms with Crippen LogP contribution in [0.5, 0.6) is 0 Å². The first kappa shape index (κ1) is 16.5. The van der Waals surface area contributed by atoms with Crippen LogP contribution < -0.4 is 5.73 Å². The molecule has 2 heterocycles. The highest BCUT2D eigenvalue weighted by atomic mass is 19.1. The van der Waals surface area contributed by atoms with Gasteiger partial charge in [0.05, 0.1) is 6.61 Å². The third-order valence-corrected chi connectivity index (χ3v) is 4.19. The van der Waals surface area contributed by atoms with Crippen LogP contribution in [-0.2, 0) is 16.1 Å². The highest BCUT2D eigenvalue weighted by Gasteiger charge is 2.33. The quantitative estimate of drug-likeness (QED) is 0.883. The van der Waals surface area contributed by atoms with Gasteiger partial charge in [0, 0.05) is 19.6 Å². The Bertz CT molecular complexity index is 703. The van der Waals surface area contributed by atoms with E-state index in [-0.39, 0.29) is 11.9 Å². The Morgan fingerprint density at radius 1 is 1.46 bits per heavy atom. The van der Waals surface area contributed by atoms with Crippen LogP contribution in [0.2, 0.25) is 0 Å². The Hall–Kier alpha value is -2.32. The molecular formula is C16H20FN5O2. The van der Waals surface area contributed by atoms with Gasteiger partial charge in [-0.25, -0.2) is 4.39 Å². The van der Waals surface area contributed by atoms with Gasteiger partial charge in [0.15, 0.2) is 5.82 Å². The number of morpholine rings is 1. The largest absolute Gasteiger partial charge is 0.368 e. The van der Waals surface area contributed by atoms with E-state index in [2.05, 4.69) is 10.2 Å². The van der Waals surface area contributed by atoms with Crippen molar-refractivity contribution in [1.82, 2.24) is 19.7 Å². The fourth-order valence-electron chi connectivity index (χ4n) is 3.02. The molecule has 1 saturated heterocycles. The third kappa shape index (κ3) is 3.29. The summed E-state index contributed by atoms with van der Waals surface area (Å²) in [5.41, 5.74) is 6.28. The maximum atomic E-state index is 13.2. The van der Waals surface area contributed by atoms with Crippen molar-refractivity contribution in [3.63, 3.8) is 0 Å². The molecule has 0 radical (unpaired) electrons. The molecule has 7 nitrogen and oxygen atoms in total. The average Bonchev–Trinajstić information content (AvgIpc) is 3.05. The molecule has 8 heteroatoms. The topological polar surface area (TPSA) is 86.3 Å². The van der Waals surface area contributed by atoms with Gasteiger partial charge in [0.2, 0.25) is 5.91 Å². The van der Waals surface area contributed by atoms with E-state index in [0.717, 1.165) is 12.4 Å². The first-order valence-electron chi connectivity index (χ1n) is 7.88. The molecule has 1 aromatic carbocycles. The summed E-state index contributed by atoms with van der Waals surface area (Å²) in [4.78, 5) is 14.0. The molecule has 0 unspecified atom stereocenters. The molecule has 3 rings (SSSR count). The first-order valence-corrected chi connectivity index (χ1v) is 7.88. The summed E-state index contributed by atoms with van der Waals surface area (Å²) >= 11 is 0. The molecule has 2 aromatic rings. The number of primary amides is 1. The number of ether oxygens (including phenoxy) is 1. The minimum absolute atomic E-state index is 0.288. The summed E-state index contributed by atoms with van der Waals surface area (Å²) in [5.74, 6) is -0.0957. The Morgan fingerprint density at radius 2 is 2.21 bits per heavy atom. The van der Waals surface area contributed by atoms with Gasteiger partial charge in [-0.15, -0.1) is 10.2 Å². The molecule has 24 heavy (non-hydrogen) atoms. The lowest BCUT2D eigenvalue weighted by Gasteiger charge is -2.36. The summed E-state index contributed by atoms with van der Waals surface area (Å²) in [5, 5.41) is 8.05. The molecule has 0 bridgehead atoms. The lowest BCUT2D eigenvalue weighted by molar-refractivity contribution is -0.127. The fraction of sp³-hybridized carbons (Fsp3) is 0.438. The zero-order valence-corrected chi connectivity index (χ0v) is 13.4. The number of nitrogens with zero attached hydrogens (tertiary/aromatic N) is 4. The minimum atomic E-state index is -0.630. The van der Waals surface area contributed by atoms with E-state index in [1.807, 2.05) is 16.4 Å². The van der Waals surface area contributed by atoms with Gasteiger partial charge in [-0.1, -0.05) is 12.1 Å². The number of carbonyl (C=O) groups excluding carboxylic acids is 1. The summed E-state index contributed by atoms with van der Waals surface area (Å²) in [6.45, 7) is 4.20. The summed E-state index contributed by atoms with van der Waals surface area (Å²) < 4.78 is 20.9. The maximum absolute atomic E-state index is 13.2. The van der Waals surface area contributed by atoms with E-state index < -0.39 is 11.9 Å². The number of hydrogen-bond acceptors (Lipinski definition) is 5. The van der Waals surface area contributed by atoms with Gasteiger partial charge < -0.3 is 15.0 Å². The monoisotopic (exact) mass is 333 g/mol. The van der Waals surface area contributed by atoms with Gasteiger partial charge in [0.1, 0.15) is 24.3 Å². The summed E-state index contributed by atoms with van der Waals surface area (Å²) in [6.07, 6.45) is 1.37. The fourth-order valence-corrected chi connectivity index (χ4v) is 3.02. The normalized spacial score (nSPS) is 20.0. The number of amides is 1. The number of hydrogen-bond donors (Lipinski definition) is 1. The molecule has 1 aliphatic rings. The van der Waals surface area contributed by atoms with Crippen LogP contribution in [0.25, 0.3) is 0 Å². The Morgan fingerprint density at radius 3 is 2.88 bits per heavy atom. The van der Waals surface area contributed by atoms with Crippen LogP contribution in [-0.4, -0.2) is 45.3 Å². The number of aryl methyl sites for hydroxylation is 1. The average molecular weight is 333 g/mol. The van der Waals surface area contributed by atoms with E-state index >= 15 is 0 Å². The van der Waals surface area contributed by atoms with Crippen LogP contribution in [0.15, 0.2) is 30.6 Å². The molecule has 1 amide bonds. The summed E-state index contributed by atoms with van der Waals surface area (Å²) in [7, 11) is 0. The zero-order valence-electron chi connectivity index (χ0n) is 13.4. The number of nitrogens with two attached hydrogens (primary N) is 1. The molecule has 0 spiro atoms. The van der Waals surface area contributed by atoms with Crippen molar-refractivity contribution >= 4 is 5.91 Å². The standard InChI is InChI=1S/C16H20FN5O2/c1-2-21-10-19-20-16(21)13-9-22(7-8-24-13)14(15(18)23)11-3-5-12(17)6-4-11/h3-6,10,13-14H,2,7-9H2,1H3,(H2,18,23)/t13-,14-/m1/s1. The highest BCUT2D eigenvalue weighted by Crippen LogP contribution is 2.28. The second kappa shape index (κ2) is 7.06. The molecular weight excluding hydrogens is 313 g/mol. The van der Waals surface area contributed by atoms with Crippen molar-refractivity contribution in [2.75, 3.05) is 19.7 Å². The van der Waals surface area contributed by atoms with Crippen molar-refractivity contribution in [1.29, 1.82) is 0 Å². The van der Waals surface area contributed by atoms with Crippen molar-refractivity contribution in [2.45, 2.75) is 25.6 Å². The lowest BCUT2D eigenvalue weighted by Crippen LogP contribution is -2.45. The van der Waals surface area contributed by atoms with Gasteiger partial charge >= 0.3 is 0 Å². The van der Waals surface area contributed by atoms with E-state index in [0.29, 0.717) is 25.3 Å². The molecule has 1 fully saturated rings. The van der Waals surface area contributed by atoms with E-state index in [9.17, 15) is 9.18 Å². The number of benzene rings is 1. The second-order valence-corrected chi connectivity index (χ2v) is 5.69. The van der Waals surface area contributed by atoms with Gasteiger partial charge in [-0.05, 0) is 24.6 Å². The Balaban J connectivity index is 1.83. The van der Waals surface area contributed by atoms with E-state index in [4.69, 9.17) is 10.5 Å². The number of rotatable bonds is 5. The predicted octanol–water partition coefficient (Wildman–Crippen LogP) is 1.04. The molecule has 2 N–H and O–H groups in total. The van der Waals surface area contributed by atoms with Crippen LogP contribution in [0.4, 0.5) is 4.39 Å². The van der Waals surface area contributed by atoms with Crippen LogP contribution in [0.3, 0.4) is 0 Å². The van der Waals surface area contributed by atoms with Gasteiger partial charge in [-0.2, -0.15) is 0 Å². The van der Waals surface area contributed by atoms with Gasteiger partial charge in [-0.3, -0.25) is 9.69 Å². The first-order chi connectivity index (χ1) is 11.6. The SMILES string of the molecule is CCn1cnnc1[C@H]1CN([C@@H](C(N)=O)c2ccc(F)cc2)CCO1. The highest BCUT2D eigenvalue weighted by molar-refractivity contribution is 5.81. The van der Waals surface area contributed by atoms with E-state index in [1.54, 1.807) is 18.5 Å². The molecule has 0 saturated carbocycles. The number of halogens is 1. The summed E-state index contributed by atoms with van der Waals surface area (Å²) in [6, 6.07) is 5.21. The van der Waals surface area contributed by atoms with Crippen molar-refractivity contribution in [2.24, 2.45) is 5.73 Å². The molecule has 2 atom stereocenters. The molecule has 1 aromatic heterocycles. The van der Waals surface area contributed by atoms with Crippen molar-refractivity contribution in [3.8, 4) is 0 Å². The Kier molecular flexibility index (Phi) is 4.86. The minimum Gasteiger partial charge on any atom is -0.368 e.